The van der Waals surface area contributed by atoms with E-state index in [0.717, 1.165) is 42.5 Å². The van der Waals surface area contributed by atoms with Crippen molar-refractivity contribution in [3.05, 3.63) is 78.9 Å². The summed E-state index contributed by atoms with van der Waals surface area (Å²) in [4.78, 5) is -2.96. The Morgan fingerprint density at radius 2 is 1.05 bits per heavy atom. The maximum atomic E-state index is 12.8. The van der Waals surface area contributed by atoms with Crippen molar-refractivity contribution < 1.29 is 241 Å². The minimum Gasteiger partial charge on any atom is -0.744 e. The molecule has 0 aromatic heterocycles. The van der Waals surface area contributed by atoms with E-state index in [9.17, 15) is 66.3 Å². The number of rotatable bonds is 23. The van der Waals surface area contributed by atoms with Gasteiger partial charge in [0.2, 0.25) is 10.4 Å². The molecule has 73 heavy (non-hydrogen) atoms. The number of fused-ring (bicyclic) bond motifs is 1. The summed E-state index contributed by atoms with van der Waals surface area (Å²) in [7, 11) is -24.5. The fourth-order valence-corrected chi connectivity index (χ4v) is 10.2. The van der Waals surface area contributed by atoms with Crippen LogP contribution in [0, 0.1) is 0 Å². The smallest absolute Gasteiger partial charge is 0.744 e. The van der Waals surface area contributed by atoms with Gasteiger partial charge in [0.05, 0.1) is 79.1 Å². The summed E-state index contributed by atoms with van der Waals surface area (Å²) in [5, 5.41) is 50.7. The molecule has 0 spiro atoms. The van der Waals surface area contributed by atoms with E-state index in [1.807, 2.05) is 0 Å². The third-order valence-electron chi connectivity index (χ3n) is 8.34. The van der Waals surface area contributed by atoms with Gasteiger partial charge in [0, 0.05) is 10.3 Å². The Hall–Kier alpha value is -0.230. The summed E-state index contributed by atoms with van der Waals surface area (Å²) in [5.74, 6) is -1.69. The van der Waals surface area contributed by atoms with Gasteiger partial charge >= 0.3 is 148 Å². The fourth-order valence-electron chi connectivity index (χ4n) is 5.36. The Morgan fingerprint density at radius 3 is 1.62 bits per heavy atom. The fraction of sp³-hybridized carbons (Fsp3) is 0.125. The molecule has 29 nitrogen and oxygen atoms in total. The van der Waals surface area contributed by atoms with E-state index < -0.39 is 112 Å². The quantitative estimate of drug-likeness (QED) is 0.00706. The van der Waals surface area contributed by atoms with E-state index in [1.165, 1.54) is 30.3 Å². The van der Waals surface area contributed by atoms with Crippen LogP contribution in [0.3, 0.4) is 0 Å². The minimum absolute atomic E-state index is 0. The molecule has 0 unspecified atom stereocenters. The number of azo groups is 3. The van der Waals surface area contributed by atoms with Gasteiger partial charge < -0.3 is 35.6 Å². The first-order valence-corrected chi connectivity index (χ1v) is 26.3. The third-order valence-corrected chi connectivity index (χ3v) is 14.9. The van der Waals surface area contributed by atoms with Crippen molar-refractivity contribution in [3.63, 3.8) is 0 Å². The van der Waals surface area contributed by atoms with Crippen LogP contribution in [0.4, 0.5) is 45.5 Å². The van der Waals surface area contributed by atoms with Crippen LogP contribution in [-0.4, -0.2) is 80.5 Å². The monoisotopic (exact) mass is 1200 g/mol. The summed E-state index contributed by atoms with van der Waals surface area (Å²) in [6, 6.07) is 13.7. The molecular formula is C32H25N8Na5O21S7. The molecule has 0 heterocycles. The molecular weight excluding hydrogens is 1170 g/mol. The average Bonchev–Trinajstić information content (AvgIpc) is 3.26. The van der Waals surface area contributed by atoms with Crippen molar-refractivity contribution in [2.45, 2.75) is 24.5 Å². The van der Waals surface area contributed by atoms with Crippen LogP contribution < -0.4 is 170 Å². The Kier molecular flexibility index (Phi) is 32.0. The van der Waals surface area contributed by atoms with E-state index in [1.54, 1.807) is 0 Å². The van der Waals surface area contributed by atoms with Crippen molar-refractivity contribution in [3.8, 4) is 0 Å². The predicted octanol–water partition coefficient (Wildman–Crippen LogP) is -11.9. The summed E-state index contributed by atoms with van der Waals surface area (Å²) < 4.78 is 174. The van der Waals surface area contributed by atoms with Gasteiger partial charge in [-0.3, -0.25) is 18.4 Å². The number of sulfone groups is 2. The van der Waals surface area contributed by atoms with Gasteiger partial charge in [0.1, 0.15) is 43.0 Å². The normalized spacial score (nSPS) is 12.2. The summed E-state index contributed by atoms with van der Waals surface area (Å²) in [6.45, 7) is -1.56. The molecule has 0 aliphatic carbocycles. The average molecular weight is 1200 g/mol. The van der Waals surface area contributed by atoms with Crippen molar-refractivity contribution in [2.24, 2.45) is 30.7 Å². The second-order valence-corrected chi connectivity index (χ2v) is 21.8. The molecule has 41 heteroatoms. The molecule has 5 aromatic rings. The minimum atomic E-state index is -5.57. The zero-order valence-electron chi connectivity index (χ0n) is 38.1. The van der Waals surface area contributed by atoms with Gasteiger partial charge in [-0.25, -0.2) is 42.1 Å². The first kappa shape index (κ1) is 72.8. The van der Waals surface area contributed by atoms with E-state index in [-0.39, 0.29) is 203 Å². The summed E-state index contributed by atoms with van der Waals surface area (Å²) in [5.41, 5.74) is 9.57. The summed E-state index contributed by atoms with van der Waals surface area (Å²) in [6.07, 6.45) is 0. The van der Waals surface area contributed by atoms with E-state index in [4.69, 9.17) is 15.7 Å². The van der Waals surface area contributed by atoms with Crippen molar-refractivity contribution in [1.82, 2.24) is 0 Å². The van der Waals surface area contributed by atoms with Crippen LogP contribution in [-0.2, 0) is 77.4 Å². The predicted molar refractivity (Wildman–Crippen MR) is 224 cm³/mol. The zero-order valence-corrected chi connectivity index (χ0v) is 53.8. The number of hydrogen-bond donors (Lipinski definition) is 2. The van der Waals surface area contributed by atoms with Crippen LogP contribution in [0.2, 0.25) is 0 Å². The number of benzene rings is 5. The number of anilines is 2. The van der Waals surface area contributed by atoms with Gasteiger partial charge in [-0.05, 0) is 72.1 Å². The topological polar surface area (TPSA) is 468 Å². The molecule has 0 radical (unpaired) electrons. The standard InChI is InChI=1S/C32H30N8O21S7.5Na/c33-30-25(38-35-18-4-6-20(7-5-18)64(43,44)12-10-56-63-61-59-42)17-26(39-36-19-14-23-22(27(15-19)62-60-58-41)2-1-3-28(23)66(47,48)49)31(34)32(30)40-37-24-9-8-21(16-29(24)67(50,51)52)65(45,46)13-11-57-68(53,54)55;;;;;/h1-9,14-17,41-42H,10-13,33-34H2,(H,47,48,49)(H,50,51,52)(H,53,54,55);;;;;/q;5*+1/p-5. The zero-order chi connectivity index (χ0) is 50.1. The first-order chi connectivity index (χ1) is 31.8. The first-order valence-electron chi connectivity index (χ1n) is 17.5. The second-order valence-electron chi connectivity index (χ2n) is 12.6. The van der Waals surface area contributed by atoms with Gasteiger partial charge in [-0.15, -0.1) is 24.8 Å². The van der Waals surface area contributed by atoms with Crippen LogP contribution in [0.1, 0.15) is 0 Å². The SMILES string of the molecule is Nc1c(N=Nc2ccc(S(=O)(=O)CCOSOO[O-])cc2)cc(N=Nc2cc(SOO[O-])c3cccc(S(=O)(=O)[O-])c3c2)c(N)c1N=Nc1ccc(S(=O)(=O)CCOS(=O)(=O)[O-])cc1S(=O)(=O)[O-].[Na+].[Na+].[Na+].[Na+].[Na+]. The third kappa shape index (κ3) is 21.4. The molecule has 0 saturated carbocycles. The van der Waals surface area contributed by atoms with Crippen molar-refractivity contribution >= 4 is 131 Å². The van der Waals surface area contributed by atoms with E-state index in [0.29, 0.717) is 18.1 Å². The molecule has 5 rings (SSSR count). The molecule has 0 aliphatic heterocycles. The second kappa shape index (κ2) is 32.1. The van der Waals surface area contributed by atoms with Crippen molar-refractivity contribution in [1.29, 1.82) is 0 Å². The number of hydrogen-bond acceptors (Lipinski definition) is 31. The Morgan fingerprint density at radius 1 is 0.521 bits per heavy atom. The van der Waals surface area contributed by atoms with Gasteiger partial charge in [0.15, 0.2) is 32.0 Å². The Balaban J connectivity index is 0.0000104. The Labute approximate surface area is 534 Å². The van der Waals surface area contributed by atoms with Gasteiger partial charge in [-0.1, -0.05) is 12.1 Å². The van der Waals surface area contributed by atoms with Crippen molar-refractivity contribution in [2.75, 3.05) is 36.2 Å². The van der Waals surface area contributed by atoms with Crippen LogP contribution in [0.25, 0.3) is 10.8 Å². The molecule has 0 fully saturated rings. The van der Waals surface area contributed by atoms with Crippen LogP contribution in [0.15, 0.2) is 134 Å². The number of nitrogen functional groups attached to an aromatic ring is 2. The molecule has 0 atom stereocenters. The number of nitrogens with zero attached hydrogens (tertiary/aromatic N) is 6. The number of nitrogens with two attached hydrogens (primary N) is 2. The molecule has 5 aromatic carbocycles. The molecule has 0 aliphatic rings. The molecule has 366 valence electrons. The van der Waals surface area contributed by atoms with Gasteiger partial charge in [-0.2, -0.15) is 14.6 Å². The maximum absolute atomic E-state index is 12.8. The molecule has 0 amide bonds. The molecule has 0 bridgehead atoms. The largest absolute Gasteiger partial charge is 1.00 e. The van der Waals surface area contributed by atoms with Crippen LogP contribution >= 0.6 is 24.4 Å². The summed E-state index contributed by atoms with van der Waals surface area (Å²) >= 11 is 0.429. The maximum Gasteiger partial charge on any atom is 1.00 e. The van der Waals surface area contributed by atoms with Crippen LogP contribution in [0.5, 0.6) is 0 Å². The molecule has 0 saturated heterocycles. The van der Waals surface area contributed by atoms with Gasteiger partial charge in [0.25, 0.3) is 0 Å². The van der Waals surface area contributed by atoms with E-state index >= 15 is 0 Å². The van der Waals surface area contributed by atoms with E-state index in [2.05, 4.69) is 53.6 Å². The Bertz CT molecular complexity index is 3390. The molecule has 4 N–H and O–H groups in total.